The number of carbonyl (C=O) groups excluding carboxylic acids is 2. The number of amides is 2. The molecule has 2 atom stereocenters. The van der Waals surface area contributed by atoms with Crippen LogP contribution in [0, 0.1) is 5.92 Å². The number of fused-ring (bicyclic) bond motifs is 5. The third-order valence-corrected chi connectivity index (χ3v) is 7.69. The lowest BCUT2D eigenvalue weighted by atomic mass is 9.76. The molecule has 0 bridgehead atoms. The summed E-state index contributed by atoms with van der Waals surface area (Å²) in [7, 11) is 1.63. The molecule has 0 aliphatic carbocycles. The van der Waals surface area contributed by atoms with Crippen LogP contribution in [0.4, 0.5) is 0 Å². The highest BCUT2D eigenvalue weighted by Gasteiger charge is 2.56. The molecule has 3 heterocycles. The van der Waals surface area contributed by atoms with Gasteiger partial charge in [-0.05, 0) is 43.9 Å². The number of para-hydroxylation sites is 2. The van der Waals surface area contributed by atoms with Gasteiger partial charge >= 0.3 is 0 Å². The van der Waals surface area contributed by atoms with Gasteiger partial charge in [-0.15, -0.1) is 0 Å². The van der Waals surface area contributed by atoms with Crippen molar-refractivity contribution in [2.75, 3.05) is 33.4 Å². The van der Waals surface area contributed by atoms with Crippen molar-refractivity contribution in [3.05, 3.63) is 59.3 Å². The smallest absolute Gasteiger partial charge is 0.254 e. The molecular formula is C29H35N3O4. The minimum atomic E-state index is -1.10. The number of aromatic amines is 1. The summed E-state index contributed by atoms with van der Waals surface area (Å²) in [5, 5.41) is 1.06. The van der Waals surface area contributed by atoms with Gasteiger partial charge < -0.3 is 24.3 Å². The molecule has 1 N–H and O–H groups in total. The standard InChI is InChI=1S/C29H35N3O4/c1-6-36-26-19(11-9-13-23(26)35-5)21-16-32-24(33)17-31(15-14-18(2)3)28(34)29(32,4)27-25(21)20-10-7-8-12-22(20)30-27/h7-13,18,21,30H,6,14-17H2,1-5H3/t21-,29+/m1/s1. The van der Waals surface area contributed by atoms with E-state index in [1.807, 2.05) is 50.2 Å². The molecule has 0 unspecified atom stereocenters. The molecule has 1 saturated heterocycles. The predicted molar refractivity (Wildman–Crippen MR) is 139 cm³/mol. The number of ether oxygens (including phenoxy) is 2. The highest BCUT2D eigenvalue weighted by Crippen LogP contribution is 2.50. The number of hydrogen-bond acceptors (Lipinski definition) is 4. The molecule has 0 spiro atoms. The number of benzene rings is 2. The Morgan fingerprint density at radius 1 is 1.14 bits per heavy atom. The first-order valence-electron chi connectivity index (χ1n) is 12.8. The van der Waals surface area contributed by atoms with Crippen LogP contribution in [0.25, 0.3) is 10.9 Å². The number of hydrogen-bond donors (Lipinski definition) is 1. The van der Waals surface area contributed by atoms with Gasteiger partial charge in [0.05, 0.1) is 26.0 Å². The maximum atomic E-state index is 14.1. The molecule has 5 rings (SSSR count). The maximum absolute atomic E-state index is 14.1. The first kappa shape index (κ1) is 24.2. The number of rotatable bonds is 7. The molecule has 0 saturated carbocycles. The summed E-state index contributed by atoms with van der Waals surface area (Å²) >= 11 is 0. The zero-order valence-electron chi connectivity index (χ0n) is 21.8. The van der Waals surface area contributed by atoms with Gasteiger partial charge in [0.25, 0.3) is 5.91 Å². The number of piperazine rings is 1. The van der Waals surface area contributed by atoms with Crippen LogP contribution < -0.4 is 9.47 Å². The highest BCUT2D eigenvalue weighted by atomic mass is 16.5. The lowest BCUT2D eigenvalue weighted by Crippen LogP contribution is -2.67. The van der Waals surface area contributed by atoms with Gasteiger partial charge in [-0.2, -0.15) is 0 Å². The Bertz CT molecular complexity index is 1310. The van der Waals surface area contributed by atoms with E-state index >= 15 is 0 Å². The molecule has 2 aromatic carbocycles. The van der Waals surface area contributed by atoms with Crippen molar-refractivity contribution in [2.45, 2.75) is 45.6 Å². The molecule has 2 aliphatic rings. The summed E-state index contributed by atoms with van der Waals surface area (Å²) < 4.78 is 11.7. The van der Waals surface area contributed by atoms with Gasteiger partial charge in [0.1, 0.15) is 0 Å². The molecule has 36 heavy (non-hydrogen) atoms. The molecule has 2 aliphatic heterocycles. The Morgan fingerprint density at radius 3 is 2.64 bits per heavy atom. The zero-order chi connectivity index (χ0) is 25.6. The monoisotopic (exact) mass is 489 g/mol. The van der Waals surface area contributed by atoms with Gasteiger partial charge in [-0.1, -0.05) is 44.2 Å². The molecule has 2 amide bonds. The number of nitrogens with zero attached hydrogens (tertiary/aromatic N) is 2. The minimum Gasteiger partial charge on any atom is -0.493 e. The van der Waals surface area contributed by atoms with Gasteiger partial charge in [-0.3, -0.25) is 9.59 Å². The van der Waals surface area contributed by atoms with Gasteiger partial charge in [0.2, 0.25) is 5.91 Å². The number of carbonyl (C=O) groups is 2. The Labute approximate surface area is 212 Å². The van der Waals surface area contributed by atoms with Crippen LogP contribution in [-0.4, -0.2) is 59.9 Å². The van der Waals surface area contributed by atoms with E-state index in [4.69, 9.17) is 9.47 Å². The fourth-order valence-electron chi connectivity index (χ4n) is 5.82. The Hall–Kier alpha value is -3.48. The first-order valence-corrected chi connectivity index (χ1v) is 12.8. The number of nitrogens with one attached hydrogen (secondary N) is 1. The van der Waals surface area contributed by atoms with Gasteiger partial charge in [0, 0.05) is 35.5 Å². The van der Waals surface area contributed by atoms with E-state index in [9.17, 15) is 9.59 Å². The second-order valence-electron chi connectivity index (χ2n) is 10.3. The molecule has 7 nitrogen and oxygen atoms in total. The normalized spacial score (nSPS) is 21.7. The van der Waals surface area contributed by atoms with E-state index in [0.717, 1.165) is 34.1 Å². The van der Waals surface area contributed by atoms with Crippen LogP contribution in [0.1, 0.15) is 56.9 Å². The zero-order valence-corrected chi connectivity index (χ0v) is 21.8. The topological polar surface area (TPSA) is 74.9 Å². The average molecular weight is 490 g/mol. The van der Waals surface area contributed by atoms with E-state index in [1.54, 1.807) is 16.9 Å². The SMILES string of the molecule is CCOc1c(OC)cccc1[C@H]1CN2C(=O)CN(CCC(C)C)C(=O)[C@]2(C)c2[nH]c3ccccc3c21. The van der Waals surface area contributed by atoms with Crippen LogP contribution in [-0.2, 0) is 15.1 Å². The van der Waals surface area contributed by atoms with Crippen LogP contribution in [0.5, 0.6) is 11.5 Å². The van der Waals surface area contributed by atoms with Crippen molar-refractivity contribution in [1.82, 2.24) is 14.8 Å². The molecule has 190 valence electrons. The summed E-state index contributed by atoms with van der Waals surface area (Å²) in [5.74, 6) is 1.55. The quantitative estimate of drug-likeness (QED) is 0.524. The molecule has 1 fully saturated rings. The van der Waals surface area contributed by atoms with Crippen molar-refractivity contribution in [2.24, 2.45) is 5.92 Å². The highest BCUT2D eigenvalue weighted by molar-refractivity contribution is 6.01. The predicted octanol–water partition coefficient (Wildman–Crippen LogP) is 4.65. The van der Waals surface area contributed by atoms with Crippen LogP contribution in [0.15, 0.2) is 42.5 Å². The van der Waals surface area contributed by atoms with Gasteiger partial charge in [-0.25, -0.2) is 0 Å². The molecule has 3 aromatic rings. The number of aromatic nitrogens is 1. The summed E-state index contributed by atoms with van der Waals surface area (Å²) in [4.78, 5) is 34.8. The van der Waals surface area contributed by atoms with Crippen LogP contribution in [0.2, 0.25) is 0 Å². The summed E-state index contributed by atoms with van der Waals surface area (Å²) in [6, 6.07) is 14.0. The second-order valence-corrected chi connectivity index (χ2v) is 10.3. The Kier molecular flexibility index (Phi) is 6.18. The summed E-state index contributed by atoms with van der Waals surface area (Å²) in [6.07, 6.45) is 0.860. The van der Waals surface area contributed by atoms with E-state index in [1.165, 1.54) is 0 Å². The van der Waals surface area contributed by atoms with Crippen molar-refractivity contribution in [3.63, 3.8) is 0 Å². The molecule has 7 heteroatoms. The van der Waals surface area contributed by atoms with Crippen molar-refractivity contribution >= 4 is 22.7 Å². The largest absolute Gasteiger partial charge is 0.493 e. The van der Waals surface area contributed by atoms with Gasteiger partial charge in [0.15, 0.2) is 17.0 Å². The van der Waals surface area contributed by atoms with E-state index in [0.29, 0.717) is 37.1 Å². The Balaban J connectivity index is 1.72. The van der Waals surface area contributed by atoms with Crippen molar-refractivity contribution in [1.29, 1.82) is 0 Å². The van der Waals surface area contributed by atoms with E-state index in [-0.39, 0.29) is 24.3 Å². The number of H-pyrrole nitrogens is 1. The third kappa shape index (κ3) is 3.64. The second kappa shape index (κ2) is 9.19. The summed E-state index contributed by atoms with van der Waals surface area (Å²) in [6.45, 7) is 9.68. The average Bonchev–Trinajstić information content (AvgIpc) is 3.27. The molecule has 0 radical (unpaired) electrons. The molecular weight excluding hydrogens is 454 g/mol. The minimum absolute atomic E-state index is 0.0234. The first-order chi connectivity index (χ1) is 17.3. The fraction of sp³-hybridized carbons (Fsp3) is 0.448. The van der Waals surface area contributed by atoms with Crippen molar-refractivity contribution < 1.29 is 19.1 Å². The fourth-order valence-corrected chi connectivity index (χ4v) is 5.82. The lowest BCUT2D eigenvalue weighted by Gasteiger charge is -2.51. The van der Waals surface area contributed by atoms with E-state index in [2.05, 4.69) is 24.9 Å². The van der Waals surface area contributed by atoms with Crippen LogP contribution in [0.3, 0.4) is 0 Å². The third-order valence-electron chi connectivity index (χ3n) is 7.69. The molecule has 1 aromatic heterocycles. The van der Waals surface area contributed by atoms with Crippen molar-refractivity contribution in [3.8, 4) is 11.5 Å². The maximum Gasteiger partial charge on any atom is 0.254 e. The summed E-state index contributed by atoms with van der Waals surface area (Å²) in [5.41, 5.74) is 2.65. The number of methoxy groups -OCH3 is 1. The van der Waals surface area contributed by atoms with E-state index < -0.39 is 5.54 Å². The van der Waals surface area contributed by atoms with Crippen LogP contribution >= 0.6 is 0 Å². The lowest BCUT2D eigenvalue weighted by molar-refractivity contribution is -0.166. The Morgan fingerprint density at radius 2 is 1.92 bits per heavy atom.